The lowest BCUT2D eigenvalue weighted by Crippen LogP contribution is -2.08. The first-order valence-corrected chi connectivity index (χ1v) is 6.58. The van der Waals surface area contributed by atoms with Crippen molar-refractivity contribution in [3.05, 3.63) is 12.7 Å². The molecule has 0 aromatic heterocycles. The van der Waals surface area contributed by atoms with Gasteiger partial charge in [-0.2, -0.15) is 11.8 Å². The molecule has 1 aliphatic rings. The van der Waals surface area contributed by atoms with Crippen LogP contribution >= 0.6 is 11.8 Å². The van der Waals surface area contributed by atoms with Crippen molar-refractivity contribution in [1.29, 1.82) is 0 Å². The van der Waals surface area contributed by atoms with Gasteiger partial charge in [-0.1, -0.05) is 32.3 Å². The van der Waals surface area contributed by atoms with Gasteiger partial charge in [0.25, 0.3) is 0 Å². The quantitative estimate of drug-likeness (QED) is 0.597. The van der Waals surface area contributed by atoms with Gasteiger partial charge < -0.3 is 0 Å². The number of hydrogen-bond acceptors (Lipinski definition) is 1. The van der Waals surface area contributed by atoms with Gasteiger partial charge in [0.15, 0.2) is 0 Å². The summed E-state index contributed by atoms with van der Waals surface area (Å²) in [5.41, 5.74) is 0. The van der Waals surface area contributed by atoms with Crippen LogP contribution in [0, 0.1) is 0 Å². The third-order valence-electron chi connectivity index (χ3n) is 2.11. The van der Waals surface area contributed by atoms with Gasteiger partial charge in [-0.25, -0.2) is 0 Å². The molecule has 0 unspecified atom stereocenters. The summed E-state index contributed by atoms with van der Waals surface area (Å²) in [6, 6.07) is 0. The van der Waals surface area contributed by atoms with Crippen molar-refractivity contribution in [2.75, 3.05) is 5.75 Å². The van der Waals surface area contributed by atoms with E-state index in [0.29, 0.717) is 0 Å². The second kappa shape index (κ2) is 10.2. The summed E-state index contributed by atoms with van der Waals surface area (Å²) in [6.07, 6.45) is 10.5. The minimum atomic E-state index is 1.02. The Balaban J connectivity index is 0.000000424. The first-order chi connectivity index (χ1) is 6.35. The van der Waals surface area contributed by atoms with Crippen molar-refractivity contribution in [1.82, 2.24) is 0 Å². The highest BCUT2D eigenvalue weighted by Gasteiger charge is 2.12. The predicted molar refractivity (Wildman–Crippen MR) is 65.5 cm³/mol. The van der Waals surface area contributed by atoms with Crippen LogP contribution in [0.5, 0.6) is 0 Å². The summed E-state index contributed by atoms with van der Waals surface area (Å²) < 4.78 is 0. The van der Waals surface area contributed by atoms with Crippen LogP contribution in [0.4, 0.5) is 0 Å². The minimum absolute atomic E-state index is 1.02. The summed E-state index contributed by atoms with van der Waals surface area (Å²) in [7, 11) is 0. The highest BCUT2D eigenvalue weighted by atomic mass is 32.2. The molecule has 0 nitrogen and oxygen atoms in total. The van der Waals surface area contributed by atoms with Crippen LogP contribution in [0.25, 0.3) is 0 Å². The molecule has 0 aromatic rings. The summed E-state index contributed by atoms with van der Waals surface area (Å²) in [5, 5.41) is 1.02. The van der Waals surface area contributed by atoms with Crippen LogP contribution in [0.2, 0.25) is 0 Å². The Hall–Kier alpha value is 0.0900. The van der Waals surface area contributed by atoms with Crippen molar-refractivity contribution in [2.45, 2.75) is 57.6 Å². The zero-order valence-corrected chi connectivity index (χ0v) is 10.0. The molecule has 78 valence electrons. The summed E-state index contributed by atoms with van der Waals surface area (Å²) in [4.78, 5) is 0. The van der Waals surface area contributed by atoms with Gasteiger partial charge in [-0.05, 0) is 31.9 Å². The van der Waals surface area contributed by atoms with Gasteiger partial charge in [0.2, 0.25) is 0 Å². The standard InChI is InChI=1S/C9H18S.C3H6/c1-2-8-10-9-6-4-3-5-7-9;1-3-2/h9H,2-8H2,1H3;3H,1H2,2H3. The average Bonchev–Trinajstić information content (AvgIpc) is 2.18. The van der Waals surface area contributed by atoms with Gasteiger partial charge in [-0.3, -0.25) is 0 Å². The molecule has 1 heteroatoms. The van der Waals surface area contributed by atoms with Crippen molar-refractivity contribution in [2.24, 2.45) is 0 Å². The lowest BCUT2D eigenvalue weighted by Gasteiger charge is -2.20. The predicted octanol–water partition coefficient (Wildman–Crippen LogP) is 4.65. The maximum Gasteiger partial charge on any atom is 0.00470 e. The smallest absolute Gasteiger partial charge is 0.00470 e. The molecule has 0 spiro atoms. The Bertz CT molecular complexity index is 104. The number of rotatable bonds is 3. The van der Waals surface area contributed by atoms with Gasteiger partial charge in [0, 0.05) is 5.25 Å². The van der Waals surface area contributed by atoms with Gasteiger partial charge in [0.05, 0.1) is 0 Å². The van der Waals surface area contributed by atoms with Crippen LogP contribution in [-0.4, -0.2) is 11.0 Å². The van der Waals surface area contributed by atoms with E-state index in [1.807, 2.05) is 6.92 Å². The molecule has 0 saturated heterocycles. The average molecular weight is 200 g/mol. The molecule has 0 aliphatic heterocycles. The normalized spacial score (nSPS) is 17.4. The Morgan fingerprint density at radius 1 is 1.31 bits per heavy atom. The number of thioether (sulfide) groups is 1. The van der Waals surface area contributed by atoms with Crippen molar-refractivity contribution in [3.8, 4) is 0 Å². The SMILES string of the molecule is C=CC.CCCSC1CCCCC1. The van der Waals surface area contributed by atoms with Crippen molar-refractivity contribution in [3.63, 3.8) is 0 Å². The topological polar surface area (TPSA) is 0 Å². The van der Waals surface area contributed by atoms with Gasteiger partial charge in [0.1, 0.15) is 0 Å². The second-order valence-corrected chi connectivity index (χ2v) is 4.95. The monoisotopic (exact) mass is 200 g/mol. The van der Waals surface area contributed by atoms with Crippen LogP contribution in [0.3, 0.4) is 0 Å². The fraction of sp³-hybridized carbons (Fsp3) is 0.833. The molecule has 0 bridgehead atoms. The van der Waals surface area contributed by atoms with Crippen LogP contribution in [-0.2, 0) is 0 Å². The van der Waals surface area contributed by atoms with E-state index in [-0.39, 0.29) is 0 Å². The summed E-state index contributed by atoms with van der Waals surface area (Å²) in [5.74, 6) is 1.38. The Morgan fingerprint density at radius 3 is 2.31 bits per heavy atom. The maximum absolute atomic E-state index is 3.36. The Labute approximate surface area is 88.2 Å². The third kappa shape index (κ3) is 8.42. The van der Waals surface area contributed by atoms with Crippen LogP contribution < -0.4 is 0 Å². The lowest BCUT2D eigenvalue weighted by molar-refractivity contribution is 0.516. The van der Waals surface area contributed by atoms with E-state index in [9.17, 15) is 0 Å². The van der Waals surface area contributed by atoms with E-state index < -0.39 is 0 Å². The zero-order chi connectivity index (χ0) is 9.94. The Kier molecular flexibility index (Phi) is 10.2. The minimum Gasteiger partial charge on any atom is -0.159 e. The fourth-order valence-corrected chi connectivity index (χ4v) is 2.75. The van der Waals surface area contributed by atoms with E-state index in [1.165, 1.54) is 44.3 Å². The van der Waals surface area contributed by atoms with Crippen LogP contribution in [0.15, 0.2) is 12.7 Å². The zero-order valence-electron chi connectivity index (χ0n) is 9.22. The molecular weight excluding hydrogens is 176 g/mol. The molecule has 0 amide bonds. The van der Waals surface area contributed by atoms with Gasteiger partial charge in [-0.15, -0.1) is 6.58 Å². The van der Waals surface area contributed by atoms with E-state index in [2.05, 4.69) is 25.3 Å². The van der Waals surface area contributed by atoms with E-state index >= 15 is 0 Å². The van der Waals surface area contributed by atoms with E-state index in [0.717, 1.165) is 5.25 Å². The largest absolute Gasteiger partial charge is 0.159 e. The number of allylic oxidation sites excluding steroid dienone is 1. The molecule has 0 N–H and O–H groups in total. The van der Waals surface area contributed by atoms with Crippen LogP contribution in [0.1, 0.15) is 52.4 Å². The van der Waals surface area contributed by atoms with Crippen molar-refractivity contribution < 1.29 is 0 Å². The van der Waals surface area contributed by atoms with E-state index in [4.69, 9.17) is 0 Å². The molecule has 0 aromatic carbocycles. The van der Waals surface area contributed by atoms with Gasteiger partial charge >= 0.3 is 0 Å². The first kappa shape index (κ1) is 13.1. The Morgan fingerprint density at radius 2 is 1.85 bits per heavy atom. The first-order valence-electron chi connectivity index (χ1n) is 5.53. The second-order valence-electron chi connectivity index (χ2n) is 3.54. The van der Waals surface area contributed by atoms with Crippen molar-refractivity contribution >= 4 is 11.8 Å². The molecule has 0 radical (unpaired) electrons. The summed E-state index contributed by atoms with van der Waals surface area (Å²) >= 11 is 2.20. The maximum atomic E-state index is 3.36. The molecule has 1 fully saturated rings. The lowest BCUT2D eigenvalue weighted by atomic mass is 10.0. The molecule has 1 rings (SSSR count). The summed E-state index contributed by atoms with van der Waals surface area (Å²) in [6.45, 7) is 7.52. The molecule has 0 heterocycles. The highest BCUT2D eigenvalue weighted by molar-refractivity contribution is 7.99. The molecule has 1 saturated carbocycles. The third-order valence-corrected chi connectivity index (χ3v) is 3.70. The molecule has 1 aliphatic carbocycles. The highest BCUT2D eigenvalue weighted by Crippen LogP contribution is 2.28. The number of hydrogen-bond donors (Lipinski definition) is 0. The fourth-order valence-electron chi connectivity index (χ4n) is 1.52. The molecule has 0 atom stereocenters. The van der Waals surface area contributed by atoms with E-state index in [1.54, 1.807) is 6.08 Å². The molecular formula is C12H24S. The molecule has 13 heavy (non-hydrogen) atoms.